The highest BCUT2D eigenvalue weighted by molar-refractivity contribution is 7.32. The fourth-order valence-corrected chi connectivity index (χ4v) is 11.4. The number of thiophene rings is 4. The molecule has 7 heteroatoms. The first kappa shape index (κ1) is 28.0. The zero-order valence-electron chi connectivity index (χ0n) is 25.1. The SMILES string of the molecule is Cc1ccc(-c2c(-c3ccc(C)o3)c3sc(-c4sc(-c5ccccc5)c5c(F)c(C)sc45)cc3c3cc(-c4ccccc4)sc23)o1. The Morgan fingerprint density at radius 3 is 1.63 bits per heavy atom. The lowest BCUT2D eigenvalue weighted by molar-refractivity contribution is 0.543. The quantitative estimate of drug-likeness (QED) is 0.182. The molecule has 46 heavy (non-hydrogen) atoms. The van der Waals surface area contributed by atoms with E-state index in [2.05, 4.69) is 66.7 Å². The van der Waals surface area contributed by atoms with E-state index in [1.807, 2.05) is 51.1 Å². The Bertz CT molecular complexity index is 2570. The highest BCUT2D eigenvalue weighted by Gasteiger charge is 2.28. The Labute approximate surface area is 280 Å². The van der Waals surface area contributed by atoms with Gasteiger partial charge in [-0.15, -0.1) is 45.3 Å². The molecule has 0 bridgehead atoms. The van der Waals surface area contributed by atoms with Crippen LogP contribution in [0.25, 0.3) is 83.5 Å². The standard InChI is InChI=1S/C39H25FO2S4/c1-20-14-16-27(41-20)31-32(28-17-15-21(2)42-28)37-26(25-18-29(44-36(25)31)23-10-6-4-7-11-23)19-30(45-37)38-39-33(34(40)22(3)43-39)35(46-38)24-12-8-5-9-13-24/h4-19H,1-3H3. The topological polar surface area (TPSA) is 26.3 Å². The first-order valence-corrected chi connectivity index (χ1v) is 18.2. The molecule has 0 radical (unpaired) electrons. The van der Waals surface area contributed by atoms with Crippen molar-refractivity contribution in [1.82, 2.24) is 0 Å². The average Bonchev–Trinajstić information content (AvgIpc) is 3.92. The van der Waals surface area contributed by atoms with Crippen LogP contribution >= 0.6 is 45.3 Å². The number of benzene rings is 3. The summed E-state index contributed by atoms with van der Waals surface area (Å²) in [5.74, 6) is 3.25. The van der Waals surface area contributed by atoms with Gasteiger partial charge in [0, 0.05) is 56.2 Å². The summed E-state index contributed by atoms with van der Waals surface area (Å²) in [6.45, 7) is 5.84. The van der Waals surface area contributed by atoms with Crippen LogP contribution in [0, 0.1) is 26.6 Å². The molecule has 0 N–H and O–H groups in total. The summed E-state index contributed by atoms with van der Waals surface area (Å²) in [6, 6.07) is 33.5. The highest BCUT2D eigenvalue weighted by Crippen LogP contribution is 2.56. The van der Waals surface area contributed by atoms with E-state index in [-0.39, 0.29) is 5.82 Å². The number of hydrogen-bond acceptors (Lipinski definition) is 6. The number of furan rings is 2. The van der Waals surface area contributed by atoms with Crippen molar-refractivity contribution in [2.75, 3.05) is 0 Å². The van der Waals surface area contributed by atoms with Crippen molar-refractivity contribution in [3.05, 3.63) is 119 Å². The molecule has 2 nitrogen and oxygen atoms in total. The molecule has 9 rings (SSSR count). The summed E-state index contributed by atoms with van der Waals surface area (Å²) in [5.41, 5.74) is 4.30. The molecule has 0 aliphatic carbocycles. The van der Waals surface area contributed by atoms with Crippen molar-refractivity contribution < 1.29 is 13.2 Å². The molecular formula is C39H25FO2S4. The van der Waals surface area contributed by atoms with E-state index in [1.165, 1.54) is 21.2 Å². The minimum Gasteiger partial charge on any atom is -0.461 e. The fraction of sp³-hybridized carbons (Fsp3) is 0.0769. The third kappa shape index (κ3) is 4.30. The van der Waals surface area contributed by atoms with Crippen LogP contribution in [0.4, 0.5) is 4.39 Å². The minimum atomic E-state index is -0.114. The van der Waals surface area contributed by atoms with Crippen molar-refractivity contribution in [2.45, 2.75) is 20.8 Å². The van der Waals surface area contributed by atoms with Crippen molar-refractivity contribution in [3.63, 3.8) is 0 Å². The smallest absolute Gasteiger partial charge is 0.146 e. The molecule has 0 spiro atoms. The van der Waals surface area contributed by atoms with Gasteiger partial charge in [0.05, 0.1) is 9.58 Å². The Hall–Kier alpha value is -4.27. The van der Waals surface area contributed by atoms with Crippen molar-refractivity contribution in [3.8, 4) is 53.3 Å². The van der Waals surface area contributed by atoms with E-state index in [0.717, 1.165) is 73.8 Å². The second-order valence-corrected chi connectivity index (χ2v) is 15.8. The predicted molar refractivity (Wildman–Crippen MR) is 196 cm³/mol. The number of hydrogen-bond donors (Lipinski definition) is 0. The van der Waals surface area contributed by atoms with Gasteiger partial charge in [0.25, 0.3) is 0 Å². The van der Waals surface area contributed by atoms with Crippen LogP contribution in [-0.4, -0.2) is 0 Å². The molecule has 0 aliphatic heterocycles. The summed E-state index contributed by atoms with van der Waals surface area (Å²) in [7, 11) is 0. The lowest BCUT2D eigenvalue weighted by atomic mass is 9.98. The third-order valence-electron chi connectivity index (χ3n) is 8.40. The molecule has 0 saturated heterocycles. The maximum absolute atomic E-state index is 15.7. The zero-order chi connectivity index (χ0) is 31.1. The predicted octanol–water partition coefficient (Wildman–Crippen LogP) is 14.0. The lowest BCUT2D eigenvalue weighted by Crippen LogP contribution is -1.84. The molecule has 0 unspecified atom stereocenters. The molecule has 9 aromatic rings. The van der Waals surface area contributed by atoms with Crippen molar-refractivity contribution in [1.29, 1.82) is 0 Å². The Balaban J connectivity index is 1.40. The number of rotatable bonds is 5. The van der Waals surface area contributed by atoms with E-state index in [0.29, 0.717) is 4.88 Å². The maximum Gasteiger partial charge on any atom is 0.146 e. The van der Waals surface area contributed by atoms with Gasteiger partial charge in [0.2, 0.25) is 0 Å². The van der Waals surface area contributed by atoms with Crippen molar-refractivity contribution in [2.24, 2.45) is 0 Å². The van der Waals surface area contributed by atoms with Gasteiger partial charge in [0.1, 0.15) is 28.9 Å². The Morgan fingerprint density at radius 2 is 1.07 bits per heavy atom. The van der Waals surface area contributed by atoms with E-state index in [4.69, 9.17) is 8.83 Å². The first-order valence-electron chi connectivity index (χ1n) is 14.9. The fourth-order valence-electron chi connectivity index (χ4n) is 6.29. The van der Waals surface area contributed by atoms with Gasteiger partial charge >= 0.3 is 0 Å². The molecule has 0 atom stereocenters. The van der Waals surface area contributed by atoms with Crippen LogP contribution in [0.15, 0.2) is 106 Å². The highest BCUT2D eigenvalue weighted by atomic mass is 32.1. The summed E-state index contributed by atoms with van der Waals surface area (Å²) in [4.78, 5) is 5.12. The third-order valence-corrected chi connectivity index (χ3v) is 13.4. The van der Waals surface area contributed by atoms with Gasteiger partial charge < -0.3 is 8.83 Å². The lowest BCUT2D eigenvalue weighted by Gasteiger charge is -2.10. The first-order chi connectivity index (χ1) is 22.4. The van der Waals surface area contributed by atoms with E-state index in [1.54, 1.807) is 45.3 Å². The molecular weight excluding hydrogens is 648 g/mol. The second kappa shape index (κ2) is 10.6. The summed E-state index contributed by atoms with van der Waals surface area (Å²) in [6.07, 6.45) is 0. The molecule has 0 fully saturated rings. The molecule has 6 heterocycles. The van der Waals surface area contributed by atoms with Gasteiger partial charge in [-0.25, -0.2) is 4.39 Å². The Kier molecular flexibility index (Phi) is 6.48. The van der Waals surface area contributed by atoms with Crippen molar-refractivity contribution >= 4 is 75.6 Å². The van der Waals surface area contributed by atoms with Gasteiger partial charge in [-0.2, -0.15) is 0 Å². The minimum absolute atomic E-state index is 0.114. The molecule has 0 aliphatic rings. The van der Waals surface area contributed by atoms with Crippen LogP contribution in [-0.2, 0) is 0 Å². The van der Waals surface area contributed by atoms with Crippen LogP contribution in [0.2, 0.25) is 0 Å². The summed E-state index contributed by atoms with van der Waals surface area (Å²) in [5, 5.41) is 3.08. The van der Waals surface area contributed by atoms with Gasteiger partial charge in [-0.1, -0.05) is 60.7 Å². The van der Waals surface area contributed by atoms with Gasteiger partial charge in [-0.05, 0) is 68.3 Å². The van der Waals surface area contributed by atoms with Crippen LogP contribution in [0.1, 0.15) is 16.4 Å². The Morgan fingerprint density at radius 1 is 0.522 bits per heavy atom. The monoisotopic (exact) mass is 672 g/mol. The molecule has 224 valence electrons. The summed E-state index contributed by atoms with van der Waals surface area (Å²) < 4.78 is 31.8. The molecule has 3 aromatic carbocycles. The molecule has 0 saturated carbocycles. The zero-order valence-corrected chi connectivity index (χ0v) is 28.3. The average molecular weight is 673 g/mol. The second-order valence-electron chi connectivity index (χ2n) is 11.4. The molecule has 0 amide bonds. The van der Waals surface area contributed by atoms with Crippen LogP contribution in [0.3, 0.4) is 0 Å². The number of halogens is 1. The maximum atomic E-state index is 15.7. The van der Waals surface area contributed by atoms with Crippen LogP contribution in [0.5, 0.6) is 0 Å². The molecule has 6 aromatic heterocycles. The van der Waals surface area contributed by atoms with E-state index < -0.39 is 0 Å². The van der Waals surface area contributed by atoms with E-state index >= 15 is 4.39 Å². The van der Waals surface area contributed by atoms with Gasteiger partial charge in [0.15, 0.2) is 0 Å². The summed E-state index contributed by atoms with van der Waals surface area (Å²) >= 11 is 6.77. The normalized spacial score (nSPS) is 11.9. The van der Waals surface area contributed by atoms with Gasteiger partial charge in [-0.3, -0.25) is 0 Å². The number of fused-ring (bicyclic) bond motifs is 4. The largest absolute Gasteiger partial charge is 0.461 e. The van der Waals surface area contributed by atoms with E-state index in [9.17, 15) is 0 Å². The number of aryl methyl sites for hydroxylation is 3. The van der Waals surface area contributed by atoms with Crippen LogP contribution < -0.4 is 0 Å².